The van der Waals surface area contributed by atoms with Crippen molar-refractivity contribution in [1.29, 1.82) is 5.26 Å². The first-order chi connectivity index (χ1) is 7.43. The SMILES string of the molecule is CCN(C)S(=O)(=O)c1ccc(Cl)cc1C#N. The van der Waals surface area contributed by atoms with Crippen LogP contribution in [0.1, 0.15) is 12.5 Å². The number of rotatable bonds is 3. The van der Waals surface area contributed by atoms with Crippen molar-refractivity contribution < 1.29 is 8.42 Å². The number of nitrogens with zero attached hydrogens (tertiary/aromatic N) is 2. The molecular weight excluding hydrogens is 248 g/mol. The van der Waals surface area contributed by atoms with E-state index in [2.05, 4.69) is 0 Å². The molecular formula is C10H11ClN2O2S. The Morgan fingerprint density at radius 3 is 2.62 bits per heavy atom. The molecule has 0 aliphatic heterocycles. The quantitative estimate of drug-likeness (QED) is 0.831. The highest BCUT2D eigenvalue weighted by molar-refractivity contribution is 7.89. The number of hydrogen-bond acceptors (Lipinski definition) is 3. The fourth-order valence-corrected chi connectivity index (χ4v) is 2.62. The number of sulfonamides is 1. The van der Waals surface area contributed by atoms with Gasteiger partial charge in [0.2, 0.25) is 10.0 Å². The summed E-state index contributed by atoms with van der Waals surface area (Å²) in [5, 5.41) is 9.21. The molecule has 0 spiro atoms. The van der Waals surface area contributed by atoms with Gasteiger partial charge in [-0.25, -0.2) is 12.7 Å². The van der Waals surface area contributed by atoms with Gasteiger partial charge in [-0.3, -0.25) is 0 Å². The summed E-state index contributed by atoms with van der Waals surface area (Å²) in [6, 6.07) is 5.98. The Kier molecular flexibility index (Phi) is 3.92. The molecule has 0 radical (unpaired) electrons. The number of benzene rings is 1. The summed E-state index contributed by atoms with van der Waals surface area (Å²) in [6.07, 6.45) is 0. The van der Waals surface area contributed by atoms with Crippen molar-refractivity contribution in [2.75, 3.05) is 13.6 Å². The Morgan fingerprint density at radius 2 is 2.12 bits per heavy atom. The highest BCUT2D eigenvalue weighted by atomic mass is 35.5. The predicted molar refractivity (Wildman–Crippen MR) is 61.7 cm³/mol. The van der Waals surface area contributed by atoms with Crippen LogP contribution in [-0.4, -0.2) is 26.3 Å². The minimum atomic E-state index is -3.60. The fraction of sp³-hybridized carbons (Fsp3) is 0.300. The topological polar surface area (TPSA) is 61.2 Å². The summed E-state index contributed by atoms with van der Waals surface area (Å²) in [5.41, 5.74) is 0.0628. The van der Waals surface area contributed by atoms with E-state index >= 15 is 0 Å². The third-order valence-electron chi connectivity index (χ3n) is 2.20. The van der Waals surface area contributed by atoms with Gasteiger partial charge in [0.05, 0.1) is 5.56 Å². The number of halogens is 1. The maximum atomic E-state index is 12.0. The van der Waals surface area contributed by atoms with E-state index in [0.29, 0.717) is 11.6 Å². The molecule has 0 atom stereocenters. The summed E-state index contributed by atoms with van der Waals surface area (Å²) >= 11 is 5.70. The van der Waals surface area contributed by atoms with Crippen LogP contribution in [0.2, 0.25) is 5.02 Å². The van der Waals surface area contributed by atoms with Crippen molar-refractivity contribution in [2.45, 2.75) is 11.8 Å². The van der Waals surface area contributed by atoms with Crippen LogP contribution in [0.5, 0.6) is 0 Å². The van der Waals surface area contributed by atoms with E-state index in [-0.39, 0.29) is 10.5 Å². The zero-order valence-corrected chi connectivity index (χ0v) is 10.5. The van der Waals surface area contributed by atoms with Crippen LogP contribution in [0.4, 0.5) is 0 Å². The average molecular weight is 259 g/mol. The average Bonchev–Trinajstić information content (AvgIpc) is 2.27. The molecule has 1 aromatic rings. The summed E-state index contributed by atoms with van der Waals surface area (Å²) < 4.78 is 25.1. The van der Waals surface area contributed by atoms with Gasteiger partial charge in [-0.05, 0) is 18.2 Å². The fourth-order valence-electron chi connectivity index (χ4n) is 1.15. The molecule has 0 amide bonds. The molecule has 1 aromatic carbocycles. The minimum Gasteiger partial charge on any atom is -0.207 e. The standard InChI is InChI=1S/C10H11ClN2O2S/c1-3-13(2)16(14,15)10-5-4-9(11)6-8(10)7-12/h4-6H,3H2,1-2H3. The first kappa shape index (κ1) is 13.0. The Morgan fingerprint density at radius 1 is 1.50 bits per heavy atom. The molecule has 0 N–H and O–H groups in total. The highest BCUT2D eigenvalue weighted by Gasteiger charge is 2.22. The lowest BCUT2D eigenvalue weighted by Gasteiger charge is -2.15. The molecule has 0 saturated heterocycles. The van der Waals surface area contributed by atoms with Gasteiger partial charge in [-0.2, -0.15) is 5.26 Å². The highest BCUT2D eigenvalue weighted by Crippen LogP contribution is 2.22. The van der Waals surface area contributed by atoms with Crippen molar-refractivity contribution in [1.82, 2.24) is 4.31 Å². The second kappa shape index (κ2) is 4.83. The number of hydrogen-bond donors (Lipinski definition) is 0. The zero-order chi connectivity index (χ0) is 12.3. The predicted octanol–water partition coefficient (Wildman–Crippen LogP) is 1.85. The van der Waals surface area contributed by atoms with Crippen molar-refractivity contribution in [3.05, 3.63) is 28.8 Å². The molecule has 0 saturated carbocycles. The van der Waals surface area contributed by atoms with Gasteiger partial charge in [-0.1, -0.05) is 18.5 Å². The van der Waals surface area contributed by atoms with E-state index in [9.17, 15) is 8.42 Å². The molecule has 0 aromatic heterocycles. The van der Waals surface area contributed by atoms with E-state index in [1.807, 2.05) is 6.07 Å². The lowest BCUT2D eigenvalue weighted by Crippen LogP contribution is -2.27. The van der Waals surface area contributed by atoms with E-state index in [4.69, 9.17) is 16.9 Å². The lowest BCUT2D eigenvalue weighted by atomic mass is 10.2. The van der Waals surface area contributed by atoms with E-state index in [0.717, 1.165) is 0 Å². The summed E-state index contributed by atoms with van der Waals surface area (Å²) in [5.74, 6) is 0. The van der Waals surface area contributed by atoms with Crippen LogP contribution in [0, 0.1) is 11.3 Å². The maximum Gasteiger partial charge on any atom is 0.244 e. The number of nitriles is 1. The van der Waals surface area contributed by atoms with Crippen LogP contribution >= 0.6 is 11.6 Å². The third-order valence-corrected chi connectivity index (χ3v) is 4.42. The van der Waals surface area contributed by atoms with Crippen LogP contribution in [0.15, 0.2) is 23.1 Å². The lowest BCUT2D eigenvalue weighted by molar-refractivity contribution is 0.486. The smallest absolute Gasteiger partial charge is 0.207 e. The van der Waals surface area contributed by atoms with Crippen LogP contribution < -0.4 is 0 Å². The van der Waals surface area contributed by atoms with E-state index < -0.39 is 10.0 Å². The molecule has 4 nitrogen and oxygen atoms in total. The molecule has 1 rings (SSSR count). The first-order valence-electron chi connectivity index (χ1n) is 4.59. The Bertz CT molecular complexity index is 534. The van der Waals surface area contributed by atoms with Crippen LogP contribution in [0.25, 0.3) is 0 Å². The summed E-state index contributed by atoms with van der Waals surface area (Å²) in [7, 11) is -2.13. The Hall–Kier alpha value is -1.09. The van der Waals surface area contributed by atoms with Gasteiger partial charge in [0.15, 0.2) is 0 Å². The summed E-state index contributed by atoms with van der Waals surface area (Å²) in [4.78, 5) is -0.0104. The van der Waals surface area contributed by atoms with Gasteiger partial charge in [-0.15, -0.1) is 0 Å². The van der Waals surface area contributed by atoms with Gasteiger partial charge >= 0.3 is 0 Å². The van der Waals surface area contributed by atoms with Crippen molar-refractivity contribution in [3.63, 3.8) is 0 Å². The Balaban J connectivity index is 3.41. The van der Waals surface area contributed by atoms with E-state index in [1.165, 1.54) is 29.6 Å². The monoisotopic (exact) mass is 258 g/mol. The molecule has 0 fully saturated rings. The molecule has 0 heterocycles. The summed E-state index contributed by atoms with van der Waals surface area (Å²) in [6.45, 7) is 2.06. The van der Waals surface area contributed by atoms with Crippen LogP contribution in [-0.2, 0) is 10.0 Å². The second-order valence-electron chi connectivity index (χ2n) is 3.17. The molecule has 6 heteroatoms. The van der Waals surface area contributed by atoms with Crippen molar-refractivity contribution in [3.8, 4) is 6.07 Å². The van der Waals surface area contributed by atoms with Gasteiger partial charge < -0.3 is 0 Å². The third kappa shape index (κ3) is 2.35. The first-order valence-corrected chi connectivity index (χ1v) is 6.41. The maximum absolute atomic E-state index is 12.0. The minimum absolute atomic E-state index is 0.0104. The largest absolute Gasteiger partial charge is 0.244 e. The van der Waals surface area contributed by atoms with Crippen molar-refractivity contribution >= 4 is 21.6 Å². The molecule has 0 aliphatic rings. The van der Waals surface area contributed by atoms with Gasteiger partial charge in [0, 0.05) is 18.6 Å². The Labute approximate surface area is 100 Å². The van der Waals surface area contributed by atoms with Crippen molar-refractivity contribution in [2.24, 2.45) is 0 Å². The zero-order valence-electron chi connectivity index (χ0n) is 8.94. The normalized spacial score (nSPS) is 11.4. The molecule has 86 valence electrons. The van der Waals surface area contributed by atoms with Gasteiger partial charge in [0.25, 0.3) is 0 Å². The van der Waals surface area contributed by atoms with Crippen LogP contribution in [0.3, 0.4) is 0 Å². The molecule has 0 bridgehead atoms. The molecule has 16 heavy (non-hydrogen) atoms. The van der Waals surface area contributed by atoms with E-state index in [1.54, 1.807) is 6.92 Å². The molecule has 0 aliphatic carbocycles. The molecule has 0 unspecified atom stereocenters. The second-order valence-corrected chi connectivity index (χ2v) is 5.62. The van der Waals surface area contributed by atoms with Gasteiger partial charge in [0.1, 0.15) is 11.0 Å².